The Hall–Kier alpha value is -1.18. The molecule has 0 aliphatic heterocycles. The smallest absolute Gasteiger partial charge is 0.138 e. The van der Waals surface area contributed by atoms with E-state index in [1.165, 1.54) is 12.8 Å². The molecule has 1 saturated carbocycles. The lowest BCUT2D eigenvalue weighted by atomic mass is 9.86. The van der Waals surface area contributed by atoms with Gasteiger partial charge < -0.3 is 10.5 Å². The van der Waals surface area contributed by atoms with Gasteiger partial charge in [0.15, 0.2) is 0 Å². The highest BCUT2D eigenvalue weighted by Gasteiger charge is 2.26. The number of nitrogens with two attached hydrogens (primary N) is 1. The molecule has 108 valence electrons. The van der Waals surface area contributed by atoms with Crippen LogP contribution in [0.4, 0.5) is 0 Å². The molecule has 1 aliphatic rings. The van der Waals surface area contributed by atoms with Crippen molar-refractivity contribution in [2.75, 3.05) is 12.3 Å². The second kappa shape index (κ2) is 7.56. The molecule has 1 aromatic rings. The molecular weight excluding hydrogens is 268 g/mol. The summed E-state index contributed by atoms with van der Waals surface area (Å²) in [5.41, 5.74) is 6.51. The van der Waals surface area contributed by atoms with Crippen molar-refractivity contribution in [1.29, 1.82) is 5.26 Å². The molecule has 2 atom stereocenters. The number of hydrogen-bond donors (Lipinski definition) is 1. The van der Waals surface area contributed by atoms with E-state index >= 15 is 0 Å². The molecule has 1 aromatic carbocycles. The van der Waals surface area contributed by atoms with Gasteiger partial charge in [-0.2, -0.15) is 5.26 Å². The number of ether oxygens (including phenoxy) is 1. The van der Waals surface area contributed by atoms with E-state index in [-0.39, 0.29) is 6.10 Å². The van der Waals surface area contributed by atoms with Gasteiger partial charge in [-0.15, -0.1) is 11.8 Å². The number of hydrogen-bond acceptors (Lipinski definition) is 4. The van der Waals surface area contributed by atoms with Crippen LogP contribution >= 0.6 is 11.8 Å². The molecule has 1 aliphatic carbocycles. The lowest BCUT2D eigenvalue weighted by Crippen LogP contribution is -2.35. The van der Waals surface area contributed by atoms with Gasteiger partial charge in [-0.05, 0) is 43.7 Å². The van der Waals surface area contributed by atoms with Gasteiger partial charge in [0.1, 0.15) is 23.5 Å². The molecule has 0 amide bonds. The van der Waals surface area contributed by atoms with Crippen LogP contribution in [0, 0.1) is 17.2 Å². The van der Waals surface area contributed by atoms with Crippen LogP contribution in [0.25, 0.3) is 0 Å². The van der Waals surface area contributed by atoms with E-state index in [1.54, 1.807) is 11.8 Å². The minimum absolute atomic E-state index is 0.155. The molecule has 0 saturated heterocycles. The number of nitrogens with zero attached hydrogens (tertiary/aromatic N) is 1. The first-order valence-corrected chi connectivity index (χ1v) is 8.31. The summed E-state index contributed by atoms with van der Waals surface area (Å²) in [5, 5.41) is 9.41. The molecule has 2 N–H and O–H groups in total. The second-order valence-corrected chi connectivity index (χ2v) is 6.42. The number of thioether (sulfide) groups is 1. The van der Waals surface area contributed by atoms with Gasteiger partial charge >= 0.3 is 0 Å². The zero-order valence-corrected chi connectivity index (χ0v) is 12.8. The summed E-state index contributed by atoms with van der Waals surface area (Å²) in [7, 11) is 0. The van der Waals surface area contributed by atoms with Crippen molar-refractivity contribution < 1.29 is 4.74 Å². The summed E-state index contributed by atoms with van der Waals surface area (Å²) in [6.07, 6.45) is 4.75. The first kappa shape index (κ1) is 15.2. The third-order valence-corrected chi connectivity index (χ3v) is 4.76. The third-order valence-electron chi connectivity index (χ3n) is 3.82. The summed E-state index contributed by atoms with van der Waals surface area (Å²) >= 11 is 1.68. The van der Waals surface area contributed by atoms with Gasteiger partial charge in [-0.25, -0.2) is 0 Å². The van der Waals surface area contributed by atoms with E-state index < -0.39 is 0 Å². The summed E-state index contributed by atoms with van der Waals surface area (Å²) in [6, 6.07) is 8.15. The van der Waals surface area contributed by atoms with Crippen molar-refractivity contribution in [3.63, 3.8) is 0 Å². The minimum atomic E-state index is 0.155. The summed E-state index contributed by atoms with van der Waals surface area (Å²) in [4.78, 5) is 1.01. The predicted molar refractivity (Wildman–Crippen MR) is 83.0 cm³/mol. The number of benzene rings is 1. The molecular formula is C16H22N2OS. The maximum Gasteiger partial charge on any atom is 0.138 e. The SMILES string of the molecule is CCSc1cccc(OC2CCCCC2CN)c1C#N. The maximum atomic E-state index is 9.41. The van der Waals surface area contributed by atoms with Crippen LogP contribution in [0.1, 0.15) is 38.2 Å². The van der Waals surface area contributed by atoms with Crippen LogP contribution in [0.3, 0.4) is 0 Å². The maximum absolute atomic E-state index is 9.41. The standard InChI is InChI=1S/C16H22N2OS/c1-2-20-16-9-5-8-15(13(16)11-18)19-14-7-4-3-6-12(14)10-17/h5,8-9,12,14H,2-4,6-7,10,17H2,1H3. The van der Waals surface area contributed by atoms with Crippen molar-refractivity contribution in [2.45, 2.75) is 43.6 Å². The first-order chi connectivity index (χ1) is 9.80. The fraction of sp³-hybridized carbons (Fsp3) is 0.562. The zero-order valence-electron chi connectivity index (χ0n) is 12.0. The van der Waals surface area contributed by atoms with Crippen LogP contribution in [0.2, 0.25) is 0 Å². The second-order valence-electron chi connectivity index (χ2n) is 5.11. The van der Waals surface area contributed by atoms with Gasteiger partial charge in [0.05, 0.1) is 0 Å². The average molecular weight is 290 g/mol. The molecule has 2 unspecified atom stereocenters. The molecule has 0 spiro atoms. The average Bonchev–Trinajstić information content (AvgIpc) is 2.48. The zero-order chi connectivity index (χ0) is 14.4. The monoisotopic (exact) mass is 290 g/mol. The van der Waals surface area contributed by atoms with E-state index in [1.807, 2.05) is 18.2 Å². The number of rotatable bonds is 5. The Morgan fingerprint density at radius 3 is 2.90 bits per heavy atom. The Morgan fingerprint density at radius 2 is 2.20 bits per heavy atom. The highest BCUT2D eigenvalue weighted by atomic mass is 32.2. The molecule has 0 heterocycles. The molecule has 20 heavy (non-hydrogen) atoms. The molecule has 1 fully saturated rings. The van der Waals surface area contributed by atoms with Crippen molar-refractivity contribution in [2.24, 2.45) is 11.7 Å². The van der Waals surface area contributed by atoms with Gasteiger partial charge in [-0.3, -0.25) is 0 Å². The Labute approximate surface area is 125 Å². The molecule has 2 rings (SSSR count). The summed E-state index contributed by atoms with van der Waals surface area (Å²) < 4.78 is 6.15. The van der Waals surface area contributed by atoms with Gasteiger partial charge in [0.25, 0.3) is 0 Å². The van der Waals surface area contributed by atoms with E-state index in [9.17, 15) is 5.26 Å². The topological polar surface area (TPSA) is 59.0 Å². The Balaban J connectivity index is 2.20. The van der Waals surface area contributed by atoms with Crippen LogP contribution in [0.15, 0.2) is 23.1 Å². The van der Waals surface area contributed by atoms with Gasteiger partial charge in [-0.1, -0.05) is 19.4 Å². The van der Waals surface area contributed by atoms with Crippen molar-refractivity contribution in [3.05, 3.63) is 23.8 Å². The minimum Gasteiger partial charge on any atom is -0.489 e. The van der Waals surface area contributed by atoms with Crippen molar-refractivity contribution >= 4 is 11.8 Å². The van der Waals surface area contributed by atoms with Crippen LogP contribution in [-0.2, 0) is 0 Å². The summed E-state index contributed by atoms with van der Waals surface area (Å²) in [5.74, 6) is 2.08. The molecule has 0 radical (unpaired) electrons. The fourth-order valence-corrected chi connectivity index (χ4v) is 3.53. The van der Waals surface area contributed by atoms with Crippen molar-refractivity contribution in [1.82, 2.24) is 0 Å². The van der Waals surface area contributed by atoms with Crippen LogP contribution in [0.5, 0.6) is 5.75 Å². The van der Waals surface area contributed by atoms with Crippen LogP contribution < -0.4 is 10.5 Å². The Bertz CT molecular complexity index is 484. The van der Waals surface area contributed by atoms with E-state index in [4.69, 9.17) is 10.5 Å². The molecule has 3 nitrogen and oxygen atoms in total. The van der Waals surface area contributed by atoms with Crippen LogP contribution in [-0.4, -0.2) is 18.4 Å². The molecule has 0 aromatic heterocycles. The normalized spacial score (nSPS) is 22.2. The molecule has 0 bridgehead atoms. The van der Waals surface area contributed by atoms with Crippen molar-refractivity contribution in [3.8, 4) is 11.8 Å². The first-order valence-electron chi connectivity index (χ1n) is 7.32. The highest BCUT2D eigenvalue weighted by molar-refractivity contribution is 7.99. The third kappa shape index (κ3) is 3.47. The highest BCUT2D eigenvalue weighted by Crippen LogP contribution is 2.33. The summed E-state index contributed by atoms with van der Waals surface area (Å²) in [6.45, 7) is 2.75. The lowest BCUT2D eigenvalue weighted by Gasteiger charge is -2.31. The lowest BCUT2D eigenvalue weighted by molar-refractivity contribution is 0.0964. The van der Waals surface area contributed by atoms with E-state index in [0.29, 0.717) is 18.0 Å². The number of nitriles is 1. The van der Waals surface area contributed by atoms with E-state index in [2.05, 4.69) is 13.0 Å². The quantitative estimate of drug-likeness (QED) is 0.842. The Kier molecular flexibility index (Phi) is 5.75. The van der Waals surface area contributed by atoms with Gasteiger partial charge in [0, 0.05) is 10.8 Å². The fourth-order valence-electron chi connectivity index (χ4n) is 2.76. The Morgan fingerprint density at radius 1 is 1.40 bits per heavy atom. The van der Waals surface area contributed by atoms with Gasteiger partial charge in [0.2, 0.25) is 0 Å². The van der Waals surface area contributed by atoms with E-state index in [0.717, 1.165) is 29.2 Å². The molecule has 4 heteroatoms. The predicted octanol–water partition coefficient (Wildman–Crippen LogP) is 3.57. The largest absolute Gasteiger partial charge is 0.489 e.